The quantitative estimate of drug-likeness (QED) is 0.359. The summed E-state index contributed by atoms with van der Waals surface area (Å²) in [5.74, 6) is 0.862. The minimum absolute atomic E-state index is 0.0850. The number of amides is 2. The van der Waals surface area contributed by atoms with Crippen molar-refractivity contribution in [3.8, 4) is 5.75 Å². The zero-order valence-electron chi connectivity index (χ0n) is 18.8. The predicted octanol–water partition coefficient (Wildman–Crippen LogP) is 6.17. The first-order valence-electron chi connectivity index (χ1n) is 10.8. The van der Waals surface area contributed by atoms with E-state index in [0.717, 1.165) is 22.1 Å². The molecule has 6 heteroatoms. The van der Waals surface area contributed by atoms with Gasteiger partial charge in [0.1, 0.15) is 18.1 Å². The normalized spacial score (nSPS) is 10.9. The van der Waals surface area contributed by atoms with Gasteiger partial charge in [0, 0.05) is 17.3 Å². The molecule has 3 aromatic carbocycles. The molecule has 0 aliphatic carbocycles. The maximum absolute atomic E-state index is 12.7. The Morgan fingerprint density at radius 3 is 2.48 bits per heavy atom. The van der Waals surface area contributed by atoms with Crippen LogP contribution in [0.5, 0.6) is 5.75 Å². The van der Waals surface area contributed by atoms with Gasteiger partial charge >= 0.3 is 0 Å². The van der Waals surface area contributed by atoms with Crippen molar-refractivity contribution in [1.82, 2.24) is 0 Å². The molecule has 0 radical (unpaired) electrons. The minimum Gasteiger partial charge on any atom is -0.486 e. The third-order valence-corrected chi connectivity index (χ3v) is 5.27. The van der Waals surface area contributed by atoms with Crippen molar-refractivity contribution >= 4 is 34.0 Å². The van der Waals surface area contributed by atoms with Crippen LogP contribution >= 0.6 is 0 Å². The zero-order valence-corrected chi connectivity index (χ0v) is 18.8. The first kappa shape index (κ1) is 22.1. The summed E-state index contributed by atoms with van der Waals surface area (Å²) in [6.07, 6.45) is 0. The molecule has 4 aromatic rings. The fraction of sp³-hybridized carbons (Fsp3) is 0.185. The fourth-order valence-electron chi connectivity index (χ4n) is 3.29. The second-order valence-corrected chi connectivity index (χ2v) is 8.19. The Kier molecular flexibility index (Phi) is 6.45. The molecule has 168 valence electrons. The highest BCUT2D eigenvalue weighted by molar-refractivity contribution is 6.03. The number of nitrogens with one attached hydrogen (secondary N) is 2. The molecule has 0 bridgehead atoms. The fourth-order valence-corrected chi connectivity index (χ4v) is 3.29. The van der Waals surface area contributed by atoms with Gasteiger partial charge in [-0.25, -0.2) is 0 Å². The van der Waals surface area contributed by atoms with Gasteiger partial charge in [0.05, 0.1) is 0 Å². The van der Waals surface area contributed by atoms with E-state index in [1.54, 1.807) is 24.3 Å². The lowest BCUT2D eigenvalue weighted by Gasteiger charge is -2.12. The van der Waals surface area contributed by atoms with Crippen LogP contribution in [0.2, 0.25) is 0 Å². The SMILES string of the molecule is Cc1ccc(NC(=O)C(C)C)cc1NC(=O)c1ccc(COc2ccc3ccccc3c2)o1. The Labute approximate surface area is 192 Å². The summed E-state index contributed by atoms with van der Waals surface area (Å²) in [5.41, 5.74) is 2.10. The van der Waals surface area contributed by atoms with E-state index in [9.17, 15) is 9.59 Å². The van der Waals surface area contributed by atoms with Crippen LogP contribution in [0.1, 0.15) is 35.7 Å². The monoisotopic (exact) mass is 442 g/mol. The summed E-state index contributed by atoms with van der Waals surface area (Å²) in [4.78, 5) is 24.7. The zero-order chi connectivity index (χ0) is 23.4. The number of carbonyl (C=O) groups is 2. The minimum atomic E-state index is -0.373. The number of carbonyl (C=O) groups excluding carboxylic acids is 2. The molecule has 6 nitrogen and oxygen atoms in total. The Balaban J connectivity index is 1.40. The van der Waals surface area contributed by atoms with Crippen LogP contribution in [0.25, 0.3) is 10.8 Å². The first-order valence-corrected chi connectivity index (χ1v) is 10.8. The van der Waals surface area contributed by atoms with Crippen LogP contribution in [-0.2, 0) is 11.4 Å². The van der Waals surface area contributed by atoms with Crippen molar-refractivity contribution in [2.45, 2.75) is 27.4 Å². The molecular weight excluding hydrogens is 416 g/mol. The maximum Gasteiger partial charge on any atom is 0.291 e. The van der Waals surface area contributed by atoms with Crippen molar-refractivity contribution in [3.05, 3.63) is 89.9 Å². The molecule has 0 spiro atoms. The summed E-state index contributed by atoms with van der Waals surface area (Å²) in [6, 6.07) is 22.7. The van der Waals surface area contributed by atoms with Crippen molar-refractivity contribution in [2.75, 3.05) is 10.6 Å². The lowest BCUT2D eigenvalue weighted by molar-refractivity contribution is -0.118. The number of benzene rings is 3. The number of fused-ring (bicyclic) bond motifs is 1. The number of furan rings is 1. The highest BCUT2D eigenvalue weighted by Crippen LogP contribution is 2.24. The van der Waals surface area contributed by atoms with Crippen molar-refractivity contribution < 1.29 is 18.7 Å². The molecule has 33 heavy (non-hydrogen) atoms. The Hall–Kier alpha value is -4.06. The highest BCUT2D eigenvalue weighted by Gasteiger charge is 2.14. The molecule has 0 saturated carbocycles. The Bertz CT molecular complexity index is 1310. The number of ether oxygens (including phenoxy) is 1. The number of anilines is 2. The van der Waals surface area contributed by atoms with E-state index in [2.05, 4.69) is 10.6 Å². The molecule has 0 saturated heterocycles. The highest BCUT2D eigenvalue weighted by atomic mass is 16.5. The van der Waals surface area contributed by atoms with Gasteiger partial charge in [-0.2, -0.15) is 0 Å². The van der Waals surface area contributed by atoms with E-state index in [1.807, 2.05) is 69.3 Å². The van der Waals surface area contributed by atoms with Gasteiger partial charge in [-0.1, -0.05) is 50.2 Å². The topological polar surface area (TPSA) is 80.6 Å². The second-order valence-electron chi connectivity index (χ2n) is 8.19. The van der Waals surface area contributed by atoms with Crippen LogP contribution in [0.3, 0.4) is 0 Å². The molecule has 0 fully saturated rings. The summed E-state index contributed by atoms with van der Waals surface area (Å²) >= 11 is 0. The van der Waals surface area contributed by atoms with E-state index >= 15 is 0 Å². The molecule has 0 aliphatic heterocycles. The molecule has 0 atom stereocenters. The predicted molar refractivity (Wildman–Crippen MR) is 130 cm³/mol. The van der Waals surface area contributed by atoms with Crippen LogP contribution in [0.15, 0.2) is 77.2 Å². The van der Waals surface area contributed by atoms with Gasteiger partial charge in [0.25, 0.3) is 5.91 Å². The van der Waals surface area contributed by atoms with Gasteiger partial charge in [-0.3, -0.25) is 9.59 Å². The average molecular weight is 443 g/mol. The lowest BCUT2D eigenvalue weighted by Crippen LogP contribution is -2.18. The van der Waals surface area contributed by atoms with Crippen LogP contribution < -0.4 is 15.4 Å². The first-order chi connectivity index (χ1) is 15.9. The third kappa shape index (κ3) is 5.41. The lowest BCUT2D eigenvalue weighted by atomic mass is 10.1. The van der Waals surface area contributed by atoms with Crippen molar-refractivity contribution in [3.63, 3.8) is 0 Å². The standard InChI is InChI=1S/C27H26N2O4/c1-17(2)26(30)28-21-10-8-18(3)24(15-21)29-27(31)25-13-12-23(33-25)16-32-22-11-9-19-6-4-5-7-20(19)14-22/h4-15,17H,16H2,1-3H3,(H,28,30)(H,29,31). The number of rotatable bonds is 7. The van der Waals surface area contributed by atoms with E-state index in [-0.39, 0.29) is 30.1 Å². The number of hydrogen-bond donors (Lipinski definition) is 2. The van der Waals surface area contributed by atoms with E-state index in [0.29, 0.717) is 17.1 Å². The van der Waals surface area contributed by atoms with Gasteiger partial charge < -0.3 is 19.8 Å². The van der Waals surface area contributed by atoms with Crippen molar-refractivity contribution in [2.24, 2.45) is 5.92 Å². The van der Waals surface area contributed by atoms with E-state index < -0.39 is 0 Å². The molecule has 2 N–H and O–H groups in total. The number of aryl methyl sites for hydroxylation is 1. The van der Waals surface area contributed by atoms with Crippen LogP contribution in [-0.4, -0.2) is 11.8 Å². The molecule has 0 unspecified atom stereocenters. The van der Waals surface area contributed by atoms with Gasteiger partial charge in [-0.05, 0) is 59.7 Å². The molecule has 2 amide bonds. The smallest absolute Gasteiger partial charge is 0.291 e. The van der Waals surface area contributed by atoms with E-state index in [4.69, 9.17) is 9.15 Å². The van der Waals surface area contributed by atoms with E-state index in [1.165, 1.54) is 0 Å². The summed E-state index contributed by atoms with van der Waals surface area (Å²) < 4.78 is 11.5. The van der Waals surface area contributed by atoms with Crippen molar-refractivity contribution in [1.29, 1.82) is 0 Å². The average Bonchev–Trinajstić information content (AvgIpc) is 3.29. The summed E-state index contributed by atoms with van der Waals surface area (Å²) in [6.45, 7) is 5.74. The molecule has 0 aliphatic rings. The van der Waals surface area contributed by atoms with Crippen LogP contribution in [0, 0.1) is 12.8 Å². The molecule has 1 aromatic heterocycles. The van der Waals surface area contributed by atoms with Gasteiger partial charge in [-0.15, -0.1) is 0 Å². The van der Waals surface area contributed by atoms with Gasteiger partial charge in [0.15, 0.2) is 5.76 Å². The summed E-state index contributed by atoms with van der Waals surface area (Å²) in [5, 5.41) is 7.93. The molecular formula is C27H26N2O4. The largest absolute Gasteiger partial charge is 0.486 e. The summed E-state index contributed by atoms with van der Waals surface area (Å²) in [7, 11) is 0. The Morgan fingerprint density at radius 2 is 1.70 bits per heavy atom. The Morgan fingerprint density at radius 1 is 0.909 bits per heavy atom. The second kappa shape index (κ2) is 9.61. The van der Waals surface area contributed by atoms with Gasteiger partial charge in [0.2, 0.25) is 5.91 Å². The molecule has 1 heterocycles. The molecule has 4 rings (SSSR count). The maximum atomic E-state index is 12.7. The number of hydrogen-bond acceptors (Lipinski definition) is 4. The third-order valence-electron chi connectivity index (χ3n) is 5.27. The van der Waals surface area contributed by atoms with Crippen LogP contribution in [0.4, 0.5) is 11.4 Å².